The predicted molar refractivity (Wildman–Crippen MR) is 87.3 cm³/mol. The quantitative estimate of drug-likeness (QED) is 0.619. The molecule has 0 fully saturated rings. The van der Waals surface area contributed by atoms with Crippen molar-refractivity contribution < 1.29 is 9.53 Å². The number of esters is 1. The van der Waals surface area contributed by atoms with E-state index in [9.17, 15) is 4.79 Å². The van der Waals surface area contributed by atoms with Gasteiger partial charge in [-0.2, -0.15) is 0 Å². The van der Waals surface area contributed by atoms with E-state index in [1.165, 1.54) is 0 Å². The molecule has 0 amide bonds. The van der Waals surface area contributed by atoms with Gasteiger partial charge in [-0.3, -0.25) is 4.79 Å². The van der Waals surface area contributed by atoms with Crippen molar-refractivity contribution in [2.24, 2.45) is 5.73 Å². The number of ether oxygens (including phenoxy) is 1. The Labute approximate surface area is 122 Å². The van der Waals surface area contributed by atoms with Gasteiger partial charge in [-0.05, 0) is 23.6 Å². The van der Waals surface area contributed by atoms with Crippen molar-refractivity contribution in [2.75, 3.05) is 6.61 Å². The number of rotatable bonds is 7. The van der Waals surface area contributed by atoms with Gasteiger partial charge in [0.1, 0.15) is 6.04 Å². The van der Waals surface area contributed by atoms with Gasteiger partial charge in [0.2, 0.25) is 0 Å². The number of carbonyl (C=O) groups excluding carboxylic acids is 1. The summed E-state index contributed by atoms with van der Waals surface area (Å²) >= 11 is 0. The molecule has 0 bridgehead atoms. The van der Waals surface area contributed by atoms with E-state index in [0.29, 0.717) is 13.0 Å². The van der Waals surface area contributed by atoms with E-state index in [1.807, 2.05) is 31.2 Å². The third kappa shape index (κ3) is 5.23. The van der Waals surface area contributed by atoms with Crippen LogP contribution in [0, 0.1) is 0 Å². The van der Waals surface area contributed by atoms with Crippen LogP contribution in [0.25, 0.3) is 6.08 Å². The van der Waals surface area contributed by atoms with Crippen molar-refractivity contribution in [3.63, 3.8) is 0 Å². The second-order valence-corrected chi connectivity index (χ2v) is 7.54. The molecule has 1 atom stereocenters. The second kappa shape index (κ2) is 8.61. The summed E-state index contributed by atoms with van der Waals surface area (Å²) in [4.78, 5) is 11.8. The minimum Gasteiger partial charge on any atom is -0.465 e. The molecule has 0 saturated heterocycles. The fourth-order valence-electron chi connectivity index (χ4n) is 1.80. The molecule has 0 radical (unpaired) electrons. The van der Waals surface area contributed by atoms with Crippen molar-refractivity contribution in [1.82, 2.24) is 0 Å². The normalized spacial score (nSPS) is 12.8. The van der Waals surface area contributed by atoms with E-state index >= 15 is 0 Å². The molecule has 3 nitrogen and oxygen atoms in total. The molecule has 0 aromatic heterocycles. The van der Waals surface area contributed by atoms with Crippen LogP contribution in [0.2, 0.25) is 12.6 Å². The van der Waals surface area contributed by atoms with Gasteiger partial charge >= 0.3 is 5.97 Å². The van der Waals surface area contributed by atoms with Crippen molar-refractivity contribution in [3.05, 3.63) is 42.0 Å². The van der Waals surface area contributed by atoms with Crippen LogP contribution in [0.3, 0.4) is 0 Å². The molecule has 20 heavy (non-hydrogen) atoms. The maximum absolute atomic E-state index is 11.8. The predicted octanol–water partition coefficient (Wildman–Crippen LogP) is 2.27. The molecule has 4 heteroatoms. The van der Waals surface area contributed by atoms with Gasteiger partial charge in [-0.15, -0.1) is 5.67 Å². The maximum atomic E-state index is 11.8. The summed E-state index contributed by atoms with van der Waals surface area (Å²) < 4.78 is 5.24. The lowest BCUT2D eigenvalue weighted by Gasteiger charge is -2.13. The number of benzene rings is 1. The standard InChI is InChI=1S/C16H23NO2Si/c1-4-13-8-6-7-9-14(13)12-15(17)16(18)19-10-11-20(3)5-2/h4-9,15H,1,10-12,17H2,2-3H3/b20-5+/t15-/m0/s1. The fraction of sp³-hybridized carbons (Fsp3) is 0.375. The van der Waals surface area contributed by atoms with E-state index in [0.717, 1.165) is 17.2 Å². The lowest BCUT2D eigenvalue weighted by molar-refractivity contribution is -0.144. The number of nitrogens with two attached hydrogens (primary N) is 1. The van der Waals surface area contributed by atoms with Crippen LogP contribution >= 0.6 is 0 Å². The molecule has 0 saturated carbocycles. The molecule has 0 spiro atoms. The van der Waals surface area contributed by atoms with Crippen molar-refractivity contribution in [1.29, 1.82) is 0 Å². The van der Waals surface area contributed by atoms with Gasteiger partial charge in [0, 0.05) is 8.41 Å². The Bertz CT molecular complexity index is 497. The molecule has 0 aliphatic heterocycles. The molecule has 108 valence electrons. The van der Waals surface area contributed by atoms with Crippen LogP contribution in [0.15, 0.2) is 30.8 Å². The molecule has 2 N–H and O–H groups in total. The minimum absolute atomic E-state index is 0.324. The summed E-state index contributed by atoms with van der Waals surface area (Å²) in [6.45, 7) is 8.47. The average Bonchev–Trinajstić information content (AvgIpc) is 2.47. The van der Waals surface area contributed by atoms with Crippen LogP contribution < -0.4 is 5.73 Å². The summed E-state index contributed by atoms with van der Waals surface area (Å²) in [6.07, 6.45) is 2.25. The molecule has 1 rings (SSSR count). The van der Waals surface area contributed by atoms with E-state index in [-0.39, 0.29) is 5.97 Å². The summed E-state index contributed by atoms with van der Waals surface area (Å²) in [5.41, 5.74) is 10.1. The van der Waals surface area contributed by atoms with Gasteiger partial charge in [-0.25, -0.2) is 0 Å². The van der Waals surface area contributed by atoms with Gasteiger partial charge in [0.25, 0.3) is 0 Å². The first-order valence-electron chi connectivity index (χ1n) is 6.82. The van der Waals surface area contributed by atoms with Crippen LogP contribution in [0.5, 0.6) is 0 Å². The molecule has 0 aliphatic rings. The number of carbonyl (C=O) groups is 1. The Morgan fingerprint density at radius 1 is 1.50 bits per heavy atom. The molecular weight excluding hydrogens is 266 g/mol. The zero-order valence-electron chi connectivity index (χ0n) is 12.3. The third-order valence-corrected chi connectivity index (χ3v) is 5.23. The highest BCUT2D eigenvalue weighted by atomic mass is 28.2. The van der Waals surface area contributed by atoms with Gasteiger partial charge in [-0.1, -0.05) is 50.4 Å². The molecule has 0 aliphatic carbocycles. The van der Waals surface area contributed by atoms with Crippen LogP contribution in [0.4, 0.5) is 0 Å². The van der Waals surface area contributed by atoms with Crippen molar-refractivity contribution in [2.45, 2.75) is 32.0 Å². The largest absolute Gasteiger partial charge is 0.465 e. The summed E-state index contributed by atoms with van der Waals surface area (Å²) in [5, 5.41) is 0. The lowest BCUT2D eigenvalue weighted by atomic mass is 10.0. The van der Waals surface area contributed by atoms with Crippen LogP contribution in [-0.2, 0) is 16.0 Å². The average molecular weight is 289 g/mol. The van der Waals surface area contributed by atoms with Gasteiger partial charge in [0.05, 0.1) is 6.61 Å². The Balaban J connectivity index is 2.51. The van der Waals surface area contributed by atoms with Crippen molar-refractivity contribution >= 4 is 26.1 Å². The van der Waals surface area contributed by atoms with E-state index in [1.54, 1.807) is 6.08 Å². The number of hydrogen-bond donors (Lipinski definition) is 1. The highest BCUT2D eigenvalue weighted by Gasteiger charge is 2.16. The SMILES string of the molecule is C=Cc1ccccc1C[C@H](N)C(=O)OCC/[Si](C)=C/C. The Hall–Kier alpha value is -1.52. The van der Waals surface area contributed by atoms with E-state index in [2.05, 4.69) is 18.8 Å². The fourth-order valence-corrected chi connectivity index (χ4v) is 2.52. The minimum atomic E-state index is -0.616. The highest BCUT2D eigenvalue weighted by Crippen LogP contribution is 2.12. The van der Waals surface area contributed by atoms with Crippen molar-refractivity contribution in [3.8, 4) is 0 Å². The molecular formula is C16H23NO2Si. The first-order chi connectivity index (χ1) is 9.58. The molecule has 1 aromatic carbocycles. The topological polar surface area (TPSA) is 52.3 Å². The Morgan fingerprint density at radius 3 is 2.85 bits per heavy atom. The van der Waals surface area contributed by atoms with E-state index in [4.69, 9.17) is 10.5 Å². The zero-order chi connectivity index (χ0) is 15.0. The zero-order valence-corrected chi connectivity index (χ0v) is 13.3. The van der Waals surface area contributed by atoms with Crippen LogP contribution in [-0.4, -0.2) is 32.7 Å². The molecule has 1 aromatic rings. The molecule has 0 unspecified atom stereocenters. The first-order valence-corrected chi connectivity index (χ1v) is 9.11. The van der Waals surface area contributed by atoms with Crippen LogP contribution in [0.1, 0.15) is 18.1 Å². The number of hydrogen-bond acceptors (Lipinski definition) is 3. The summed E-state index contributed by atoms with van der Waals surface area (Å²) in [7, 11) is -0.475. The molecule has 0 heterocycles. The Morgan fingerprint density at radius 2 is 2.20 bits per heavy atom. The summed E-state index contributed by atoms with van der Waals surface area (Å²) in [6, 6.07) is 8.11. The monoisotopic (exact) mass is 289 g/mol. The maximum Gasteiger partial charge on any atom is 0.323 e. The second-order valence-electron chi connectivity index (χ2n) is 4.77. The first kappa shape index (κ1) is 16.5. The highest BCUT2D eigenvalue weighted by molar-refractivity contribution is 6.64. The van der Waals surface area contributed by atoms with Gasteiger partial charge in [0.15, 0.2) is 0 Å². The lowest BCUT2D eigenvalue weighted by Crippen LogP contribution is -2.35. The van der Waals surface area contributed by atoms with Gasteiger partial charge < -0.3 is 10.5 Å². The summed E-state index contributed by atoms with van der Waals surface area (Å²) in [5.74, 6) is -0.324. The Kier molecular flexibility index (Phi) is 7.12. The van der Waals surface area contributed by atoms with E-state index < -0.39 is 14.5 Å². The smallest absolute Gasteiger partial charge is 0.323 e. The third-order valence-electron chi connectivity index (χ3n) is 3.25.